The monoisotopic (exact) mass is 857 g/mol. The van der Waals surface area contributed by atoms with Gasteiger partial charge < -0.3 is 18.6 Å². The molecule has 3 aliphatic rings. The van der Waals surface area contributed by atoms with Gasteiger partial charge in [0.1, 0.15) is 11.2 Å². The van der Waals surface area contributed by atoms with Crippen molar-refractivity contribution < 1.29 is 8.83 Å². The van der Waals surface area contributed by atoms with Crippen molar-refractivity contribution in [2.45, 2.75) is 144 Å². The van der Waals surface area contributed by atoms with E-state index in [1.165, 1.54) is 60.9 Å². The molecule has 0 amide bonds. The zero-order valence-corrected chi connectivity index (χ0v) is 41.4. The van der Waals surface area contributed by atoms with Gasteiger partial charge in [0.2, 0.25) is 0 Å². The van der Waals surface area contributed by atoms with Crippen LogP contribution < -0.4 is 26.4 Å². The smallest absolute Gasteiger partial charge is 0.297 e. The van der Waals surface area contributed by atoms with Gasteiger partial charge in [0.25, 0.3) is 6.71 Å². The number of fused-ring (bicyclic) bond motifs is 11. The lowest BCUT2D eigenvalue weighted by Gasteiger charge is -2.43. The lowest BCUT2D eigenvalue weighted by molar-refractivity contribution is 0.332. The van der Waals surface area contributed by atoms with E-state index in [1.807, 2.05) is 0 Å². The average molecular weight is 857 g/mol. The van der Waals surface area contributed by atoms with E-state index in [0.717, 1.165) is 74.5 Å². The summed E-state index contributed by atoms with van der Waals surface area (Å²) in [5, 5.41) is 3.46. The van der Waals surface area contributed by atoms with Gasteiger partial charge >= 0.3 is 0 Å². The van der Waals surface area contributed by atoms with Gasteiger partial charge in [0.15, 0.2) is 5.58 Å². The summed E-state index contributed by atoms with van der Waals surface area (Å²) in [5.74, 6) is 0. The molecule has 0 fully saturated rings. The summed E-state index contributed by atoms with van der Waals surface area (Å²) in [7, 11) is 0. The number of furan rings is 2. The van der Waals surface area contributed by atoms with Crippen LogP contribution in [-0.4, -0.2) is 6.71 Å². The predicted molar refractivity (Wildman–Crippen MR) is 278 cm³/mol. The van der Waals surface area contributed by atoms with Crippen molar-refractivity contribution in [1.29, 1.82) is 0 Å². The average Bonchev–Trinajstić information content (AvgIpc) is 3.80. The quantitative estimate of drug-likeness (QED) is 0.162. The van der Waals surface area contributed by atoms with E-state index in [-0.39, 0.29) is 33.8 Å². The Kier molecular flexibility index (Phi) is 8.70. The first kappa shape index (κ1) is 42.0. The normalized spacial score (nSPS) is 16.6. The van der Waals surface area contributed by atoms with E-state index >= 15 is 0 Å². The number of rotatable bonds is 2. The van der Waals surface area contributed by atoms with Crippen LogP contribution >= 0.6 is 0 Å². The molecule has 0 saturated heterocycles. The van der Waals surface area contributed by atoms with Crippen LogP contribution in [0.25, 0.3) is 32.9 Å². The van der Waals surface area contributed by atoms with Crippen LogP contribution in [0.5, 0.6) is 0 Å². The number of aryl methyl sites for hydroxylation is 2. The van der Waals surface area contributed by atoms with E-state index < -0.39 is 0 Å². The molecule has 0 N–H and O–H groups in total. The molecule has 0 unspecified atom stereocenters. The van der Waals surface area contributed by atoms with Crippen LogP contribution in [0.15, 0.2) is 106 Å². The number of hydrogen-bond acceptors (Lipinski definition) is 4. The van der Waals surface area contributed by atoms with Gasteiger partial charge in [0, 0.05) is 44.5 Å². The summed E-state index contributed by atoms with van der Waals surface area (Å²) in [6, 6.07) is 37.5. The van der Waals surface area contributed by atoms with Gasteiger partial charge in [-0.25, -0.2) is 0 Å². The SMILES string of the molecule is Cc1cc2c3c(c1)N(c1ccc(C(C)(C)C)cc1C)c1c(ccc4c1oc1c(C(C)(C)C)cccc14)B3c1oc3cc4c(cc3c1N2c1ccc(C(C)(C)C)cc1)C(C)(C)CCC4(C)C. The minimum Gasteiger partial charge on any atom is -0.468 e. The van der Waals surface area contributed by atoms with Crippen LogP contribution in [0, 0.1) is 13.8 Å². The maximum atomic E-state index is 7.55. The molecule has 0 radical (unpaired) electrons. The molecule has 4 heterocycles. The Bertz CT molecular complexity index is 3300. The third-order valence-electron chi connectivity index (χ3n) is 15.5. The number of nitrogens with zero attached hydrogens (tertiary/aromatic N) is 2. The molecule has 0 spiro atoms. The molecule has 11 rings (SSSR count). The second kappa shape index (κ2) is 13.5. The molecule has 5 heteroatoms. The Morgan fingerprint density at radius 3 is 1.78 bits per heavy atom. The van der Waals surface area contributed by atoms with Gasteiger partial charge in [-0.05, 0) is 141 Å². The molecule has 8 aromatic rings. The number of hydrogen-bond donors (Lipinski definition) is 0. The lowest BCUT2D eigenvalue weighted by atomic mass is 9.35. The van der Waals surface area contributed by atoms with Crippen LogP contribution in [-0.2, 0) is 27.1 Å². The summed E-state index contributed by atoms with van der Waals surface area (Å²) in [6.07, 6.45) is 2.29. The van der Waals surface area contributed by atoms with E-state index in [9.17, 15) is 0 Å². The Balaban J connectivity index is 1.29. The lowest BCUT2D eigenvalue weighted by Crippen LogP contribution is -2.61. The first-order chi connectivity index (χ1) is 30.4. The second-order valence-corrected chi connectivity index (χ2v) is 24.3. The third kappa shape index (κ3) is 6.16. The molecular weight excluding hydrogens is 791 g/mol. The van der Waals surface area contributed by atoms with Crippen molar-refractivity contribution in [3.63, 3.8) is 0 Å². The first-order valence-electron chi connectivity index (χ1n) is 24.0. The molecule has 330 valence electrons. The van der Waals surface area contributed by atoms with Crippen molar-refractivity contribution in [2.75, 3.05) is 9.80 Å². The van der Waals surface area contributed by atoms with Crippen molar-refractivity contribution in [2.24, 2.45) is 0 Å². The summed E-state index contributed by atoms with van der Waals surface area (Å²) in [4.78, 5) is 5.08. The molecule has 6 aromatic carbocycles. The molecule has 65 heavy (non-hydrogen) atoms. The molecular formula is C60H65BN2O2. The van der Waals surface area contributed by atoms with Crippen LogP contribution in [0.2, 0.25) is 0 Å². The summed E-state index contributed by atoms with van der Waals surface area (Å²) >= 11 is 0. The highest BCUT2D eigenvalue weighted by atomic mass is 16.3. The topological polar surface area (TPSA) is 32.8 Å². The van der Waals surface area contributed by atoms with Gasteiger partial charge in [-0.2, -0.15) is 0 Å². The zero-order chi connectivity index (χ0) is 46.1. The van der Waals surface area contributed by atoms with Gasteiger partial charge in [-0.3, -0.25) is 0 Å². The molecule has 1 aliphatic carbocycles. The van der Waals surface area contributed by atoms with E-state index in [1.54, 1.807) is 0 Å². The van der Waals surface area contributed by atoms with E-state index in [2.05, 4.69) is 211 Å². The maximum Gasteiger partial charge on any atom is 0.297 e. The number of para-hydroxylation sites is 1. The molecule has 2 aromatic heterocycles. The highest BCUT2D eigenvalue weighted by Crippen LogP contribution is 2.53. The molecule has 0 atom stereocenters. The molecule has 4 nitrogen and oxygen atoms in total. The molecule has 0 bridgehead atoms. The largest absolute Gasteiger partial charge is 0.468 e. The van der Waals surface area contributed by atoms with Crippen LogP contribution in [0.1, 0.15) is 142 Å². The summed E-state index contributed by atoms with van der Waals surface area (Å²) < 4.78 is 14.9. The minimum atomic E-state index is -0.189. The summed E-state index contributed by atoms with van der Waals surface area (Å²) in [5.41, 5.74) is 22.3. The predicted octanol–water partition coefficient (Wildman–Crippen LogP) is 15.3. The fraction of sp³-hybridized carbons (Fsp3) is 0.367. The fourth-order valence-electron chi connectivity index (χ4n) is 11.6. The van der Waals surface area contributed by atoms with Crippen molar-refractivity contribution in [3.05, 3.63) is 136 Å². The minimum absolute atomic E-state index is 0.0103. The Morgan fingerprint density at radius 2 is 1.15 bits per heavy atom. The standard InChI is InChI=1S/C60H65BN2O2/c1-34-29-47-50-48(30-34)63(46-26-21-37(31-35(46)2)57(6,7)8)52-45(25-24-40-39-17-16-18-42(58(9,10)11)53(39)65-54(40)52)61(50)55-51(62(47)38-22-19-36(20-23-38)56(3,4)5)41-32-43-44(33-49(41)64-55)60(14,15)28-27-59(43,12)13/h16-26,29-33H,27-28H2,1-15H3. The van der Waals surface area contributed by atoms with E-state index in [0.29, 0.717) is 0 Å². The van der Waals surface area contributed by atoms with Crippen molar-refractivity contribution in [1.82, 2.24) is 0 Å². The van der Waals surface area contributed by atoms with Crippen LogP contribution in [0.3, 0.4) is 0 Å². The van der Waals surface area contributed by atoms with Gasteiger partial charge in [-0.15, -0.1) is 0 Å². The third-order valence-corrected chi connectivity index (χ3v) is 15.5. The Labute approximate surface area is 387 Å². The number of anilines is 6. The zero-order valence-electron chi connectivity index (χ0n) is 41.4. The number of benzene rings is 6. The van der Waals surface area contributed by atoms with Gasteiger partial charge in [-0.1, -0.05) is 145 Å². The Morgan fingerprint density at radius 1 is 0.538 bits per heavy atom. The molecule has 0 saturated carbocycles. The highest BCUT2D eigenvalue weighted by molar-refractivity contribution is 7.00. The van der Waals surface area contributed by atoms with Crippen molar-refractivity contribution in [3.8, 4) is 0 Å². The Hall–Kier alpha value is -5.68. The highest BCUT2D eigenvalue weighted by Gasteiger charge is 2.49. The van der Waals surface area contributed by atoms with Crippen LogP contribution in [0.4, 0.5) is 34.1 Å². The first-order valence-corrected chi connectivity index (χ1v) is 24.0. The summed E-state index contributed by atoms with van der Waals surface area (Å²) in [6.45, 7) is 34.7. The maximum absolute atomic E-state index is 7.55. The van der Waals surface area contributed by atoms with Crippen molar-refractivity contribution >= 4 is 90.3 Å². The molecule has 2 aliphatic heterocycles. The van der Waals surface area contributed by atoms with E-state index in [4.69, 9.17) is 8.83 Å². The fourth-order valence-corrected chi connectivity index (χ4v) is 11.6. The van der Waals surface area contributed by atoms with Gasteiger partial charge in [0.05, 0.1) is 17.0 Å². The second-order valence-electron chi connectivity index (χ2n) is 24.3.